The number of aryl methyl sites for hydroxylation is 2. The van der Waals surface area contributed by atoms with Crippen molar-refractivity contribution in [3.05, 3.63) is 69.3 Å². The third-order valence-corrected chi connectivity index (χ3v) is 9.61. The van der Waals surface area contributed by atoms with Gasteiger partial charge in [0.2, 0.25) is 0 Å². The highest BCUT2D eigenvalue weighted by Gasteiger charge is 2.31. The molecule has 0 fully saturated rings. The molecule has 0 amide bonds. The van der Waals surface area contributed by atoms with Crippen LogP contribution in [0.2, 0.25) is 0 Å². The summed E-state index contributed by atoms with van der Waals surface area (Å²) in [5.41, 5.74) is 12.5. The molecule has 0 aliphatic carbocycles. The fraction of sp³-hybridized carbons (Fsp3) is 0.429. The molecule has 0 saturated carbocycles. The Morgan fingerprint density at radius 2 is 1.60 bits per heavy atom. The molecule has 0 radical (unpaired) electrons. The van der Waals surface area contributed by atoms with Gasteiger partial charge < -0.3 is 19.4 Å². The Bertz CT molecular complexity index is 1930. The zero-order valence-corrected chi connectivity index (χ0v) is 27.0. The third-order valence-electron chi connectivity index (χ3n) is 9.61. The Labute approximate surface area is 262 Å². The van der Waals surface area contributed by atoms with E-state index < -0.39 is 5.97 Å². The minimum atomic E-state index is -0.428. The normalized spacial score (nSPS) is 19.3. The first kappa shape index (κ1) is 30.4. The molecule has 3 aliphatic rings. The van der Waals surface area contributed by atoms with Crippen LogP contribution in [0, 0.1) is 13.8 Å². The number of azo groups is 1. The van der Waals surface area contributed by atoms with Crippen LogP contribution < -0.4 is 0 Å². The molecule has 45 heavy (non-hydrogen) atoms. The number of hydrogen-bond acceptors (Lipinski definition) is 8. The van der Waals surface area contributed by atoms with Gasteiger partial charge in [0, 0.05) is 51.8 Å². The number of ether oxygens (including phenoxy) is 2. The maximum atomic E-state index is 13.1. The van der Waals surface area contributed by atoms with Crippen LogP contribution in [0.25, 0.3) is 33.2 Å². The molecule has 10 nitrogen and oxygen atoms in total. The van der Waals surface area contributed by atoms with E-state index in [-0.39, 0.29) is 30.3 Å². The van der Waals surface area contributed by atoms with Crippen LogP contribution in [-0.4, -0.2) is 52.6 Å². The van der Waals surface area contributed by atoms with Crippen LogP contribution in [0.4, 0.5) is 0 Å². The number of aromatic amines is 2. The quantitative estimate of drug-likeness (QED) is 0.274. The summed E-state index contributed by atoms with van der Waals surface area (Å²) < 4.78 is 10.2. The number of carbonyl (C=O) groups is 2. The van der Waals surface area contributed by atoms with Gasteiger partial charge in [-0.05, 0) is 86.6 Å². The zero-order chi connectivity index (χ0) is 32.0. The van der Waals surface area contributed by atoms with E-state index in [1.807, 2.05) is 19.1 Å². The minimum absolute atomic E-state index is 0.0123. The lowest BCUT2D eigenvalue weighted by molar-refractivity contribution is -0.140. The van der Waals surface area contributed by atoms with Crippen LogP contribution >= 0.6 is 0 Å². The van der Waals surface area contributed by atoms with Crippen molar-refractivity contribution in [3.8, 4) is 0 Å². The zero-order valence-electron chi connectivity index (χ0n) is 27.0. The molecule has 0 saturated heterocycles. The number of aromatic nitrogens is 4. The first-order valence-electron chi connectivity index (χ1n) is 15.6. The number of H-pyrrole nitrogens is 2. The van der Waals surface area contributed by atoms with Crippen molar-refractivity contribution in [3.63, 3.8) is 0 Å². The standard InChI is InChI=1S/C35H40N6O4/c1-8-21-17(2)25-15-30-33(23-11-12-36-41-23)19(4)26(39-30)13-24-18(3)22(9-10-32(42)44-6)29(38-24)16-31-34(35(43)45-7)20(5)27(40-31)14-28(21)37-25/h13-16,18,22-23,39-40H,8-12H2,1-7H3/t18-,22-,23?/m0/s1. The minimum Gasteiger partial charge on any atom is -0.469 e. The van der Waals surface area contributed by atoms with E-state index in [9.17, 15) is 9.59 Å². The van der Waals surface area contributed by atoms with Gasteiger partial charge >= 0.3 is 11.9 Å². The first-order valence-corrected chi connectivity index (χ1v) is 15.6. The summed E-state index contributed by atoms with van der Waals surface area (Å²) in [6.45, 7) is 11.1. The van der Waals surface area contributed by atoms with E-state index in [0.717, 1.165) is 80.0 Å². The topological polar surface area (TPSA) is 135 Å². The molecule has 3 aromatic heterocycles. The molecule has 1 unspecified atom stereocenters. The number of carbonyl (C=O) groups excluding carboxylic acids is 2. The summed E-state index contributed by atoms with van der Waals surface area (Å²) >= 11 is 0. The number of hydrogen-bond donors (Lipinski definition) is 2. The molecule has 6 heterocycles. The van der Waals surface area contributed by atoms with Gasteiger partial charge in [0.25, 0.3) is 0 Å². The molecule has 3 aromatic rings. The summed E-state index contributed by atoms with van der Waals surface area (Å²) in [7, 11) is 2.79. The lowest BCUT2D eigenvalue weighted by Crippen LogP contribution is -2.07. The SMILES string of the molecule is CCC1=C(C)c2cc3[nH]c(cc4nc(cc5[nH]c(cc1n2)c(C)c5C(=O)OC)[C@@H](CCC(=O)OC)[C@@H]4C)c(C)c3C1CCN=N1. The summed E-state index contributed by atoms with van der Waals surface area (Å²) in [6.07, 6.45) is 2.49. The molecule has 0 spiro atoms. The Kier molecular flexibility index (Phi) is 8.16. The summed E-state index contributed by atoms with van der Waals surface area (Å²) in [5, 5.41) is 8.89. The number of rotatable bonds is 6. The average molecular weight is 609 g/mol. The predicted molar refractivity (Wildman–Crippen MR) is 174 cm³/mol. The van der Waals surface area contributed by atoms with Gasteiger partial charge in [-0.3, -0.25) is 9.78 Å². The second kappa shape index (κ2) is 12.1. The molecule has 3 aliphatic heterocycles. The molecule has 2 N–H and O–H groups in total. The van der Waals surface area contributed by atoms with Gasteiger partial charge in [-0.25, -0.2) is 9.78 Å². The molecule has 6 rings (SSSR count). The first-order chi connectivity index (χ1) is 21.6. The summed E-state index contributed by atoms with van der Waals surface area (Å²) in [6, 6.07) is 8.17. The second-order valence-electron chi connectivity index (χ2n) is 12.1. The van der Waals surface area contributed by atoms with Crippen LogP contribution in [0.5, 0.6) is 0 Å². The Balaban J connectivity index is 1.72. The van der Waals surface area contributed by atoms with E-state index in [0.29, 0.717) is 24.0 Å². The van der Waals surface area contributed by atoms with E-state index in [2.05, 4.69) is 60.0 Å². The maximum absolute atomic E-state index is 13.1. The van der Waals surface area contributed by atoms with Gasteiger partial charge in [-0.2, -0.15) is 10.2 Å². The highest BCUT2D eigenvalue weighted by Crippen LogP contribution is 2.42. The molecule has 0 aromatic carbocycles. The summed E-state index contributed by atoms with van der Waals surface area (Å²) in [5.74, 6) is -0.744. The second-order valence-corrected chi connectivity index (χ2v) is 12.1. The number of esters is 2. The van der Waals surface area contributed by atoms with Gasteiger partial charge in [-0.15, -0.1) is 0 Å². The van der Waals surface area contributed by atoms with Crippen molar-refractivity contribution >= 4 is 45.2 Å². The van der Waals surface area contributed by atoms with Gasteiger partial charge in [0.15, 0.2) is 0 Å². The van der Waals surface area contributed by atoms with Crippen molar-refractivity contribution in [2.45, 2.75) is 78.2 Å². The average Bonchev–Trinajstić information content (AvgIpc) is 3.83. The number of fused-ring (bicyclic) bond motifs is 8. The fourth-order valence-corrected chi connectivity index (χ4v) is 6.97. The number of allylic oxidation sites excluding steroid dienone is 2. The van der Waals surface area contributed by atoms with Crippen molar-refractivity contribution in [1.29, 1.82) is 0 Å². The third kappa shape index (κ3) is 5.36. The Morgan fingerprint density at radius 1 is 0.889 bits per heavy atom. The monoisotopic (exact) mass is 608 g/mol. The number of methoxy groups -OCH3 is 2. The van der Waals surface area contributed by atoms with Crippen molar-refractivity contribution < 1.29 is 19.1 Å². The molecular weight excluding hydrogens is 568 g/mol. The number of nitrogens with one attached hydrogen (secondary N) is 2. The van der Waals surface area contributed by atoms with E-state index in [4.69, 9.17) is 19.4 Å². The van der Waals surface area contributed by atoms with E-state index >= 15 is 0 Å². The lowest BCUT2D eigenvalue weighted by Gasteiger charge is -2.15. The van der Waals surface area contributed by atoms with Crippen LogP contribution in [0.1, 0.15) is 114 Å². The highest BCUT2D eigenvalue weighted by atomic mass is 16.5. The molecular formula is C35H40N6O4. The predicted octanol–water partition coefficient (Wildman–Crippen LogP) is 7.80. The lowest BCUT2D eigenvalue weighted by atomic mass is 9.87. The van der Waals surface area contributed by atoms with Crippen molar-refractivity contribution in [2.24, 2.45) is 10.2 Å². The molecule has 8 bridgehead atoms. The smallest absolute Gasteiger partial charge is 0.340 e. The molecule has 234 valence electrons. The van der Waals surface area contributed by atoms with E-state index in [1.54, 1.807) is 0 Å². The Hall–Kier alpha value is -4.60. The molecule has 3 atom stereocenters. The van der Waals surface area contributed by atoms with Gasteiger partial charge in [-0.1, -0.05) is 13.8 Å². The van der Waals surface area contributed by atoms with Gasteiger partial charge in [0.05, 0.1) is 49.3 Å². The maximum Gasteiger partial charge on any atom is 0.340 e. The largest absolute Gasteiger partial charge is 0.469 e. The highest BCUT2D eigenvalue weighted by molar-refractivity contribution is 6.02. The van der Waals surface area contributed by atoms with Crippen molar-refractivity contribution in [2.75, 3.05) is 20.8 Å². The van der Waals surface area contributed by atoms with Crippen LogP contribution in [0.15, 0.2) is 34.5 Å². The van der Waals surface area contributed by atoms with E-state index in [1.165, 1.54) is 14.2 Å². The van der Waals surface area contributed by atoms with Crippen LogP contribution in [0.3, 0.4) is 0 Å². The van der Waals surface area contributed by atoms with Crippen molar-refractivity contribution in [1.82, 2.24) is 19.9 Å². The molecule has 10 heteroatoms. The van der Waals surface area contributed by atoms with Crippen LogP contribution in [-0.2, 0) is 14.3 Å². The summed E-state index contributed by atoms with van der Waals surface area (Å²) in [4.78, 5) is 42.7. The van der Waals surface area contributed by atoms with Gasteiger partial charge in [0.1, 0.15) is 0 Å². The Morgan fingerprint density at radius 3 is 2.29 bits per heavy atom. The number of nitrogens with zero attached hydrogens (tertiary/aromatic N) is 4. The fourth-order valence-electron chi connectivity index (χ4n) is 6.97.